The fourth-order valence-electron chi connectivity index (χ4n) is 9.52. The first-order chi connectivity index (χ1) is 39.5. The van der Waals surface area contributed by atoms with Gasteiger partial charge in [-0.1, -0.05) is 310 Å². The molecular weight excluding hydrogens is 985 g/mol. The van der Waals surface area contributed by atoms with Crippen LogP contribution >= 0.6 is 0 Å². The van der Waals surface area contributed by atoms with Gasteiger partial charge in [0.25, 0.3) is 0 Å². The predicted molar refractivity (Wildman–Crippen MR) is 348 cm³/mol. The summed E-state index contributed by atoms with van der Waals surface area (Å²) in [4.78, 5) is 38.1. The molecule has 0 aromatic carbocycles. The number of rotatable bonds is 61. The highest BCUT2D eigenvalue weighted by Gasteiger charge is 2.19. The van der Waals surface area contributed by atoms with E-state index in [0.29, 0.717) is 19.3 Å². The van der Waals surface area contributed by atoms with Gasteiger partial charge in [0.05, 0.1) is 0 Å². The van der Waals surface area contributed by atoms with Gasteiger partial charge in [-0.2, -0.15) is 0 Å². The van der Waals surface area contributed by atoms with Crippen LogP contribution in [-0.4, -0.2) is 37.2 Å². The normalized spacial score (nSPS) is 12.8. The Balaban J connectivity index is 4.02. The standard InChI is InChI=1S/C74H126O6/c1-4-7-10-13-16-18-20-22-24-26-28-30-32-33-34-35-36-37-38-39-40-41-43-44-46-48-50-52-54-56-58-61-64-67-73(76)79-70-71(69-78-72(75)66-63-60-15-12-9-6-3)80-74(77)68-65-62-59-57-55-53-51-49-47-45-42-31-29-27-25-23-21-19-17-14-11-8-5-2/h7-8,10-11,16-19,22-25,28-31,33-34,71H,4-6,9,12-15,20-21,26-27,32,35-70H2,1-3H3/b10-7-,11-8-,18-16-,19-17-,24-22-,25-23-,30-28-,31-29-,34-33-. The molecule has 6 nitrogen and oxygen atoms in total. The van der Waals surface area contributed by atoms with E-state index >= 15 is 0 Å². The molecule has 0 rings (SSSR count). The largest absolute Gasteiger partial charge is 0.462 e. The number of allylic oxidation sites excluding steroid dienone is 18. The second-order valence-corrected chi connectivity index (χ2v) is 22.3. The van der Waals surface area contributed by atoms with E-state index in [1.165, 1.54) is 167 Å². The van der Waals surface area contributed by atoms with Crippen molar-refractivity contribution in [2.75, 3.05) is 13.2 Å². The Morgan fingerprint density at radius 3 is 0.762 bits per heavy atom. The third-order valence-corrected chi connectivity index (χ3v) is 14.5. The number of unbranched alkanes of at least 4 members (excludes halogenated alkanes) is 32. The number of hydrogen-bond acceptors (Lipinski definition) is 6. The molecule has 1 atom stereocenters. The van der Waals surface area contributed by atoms with Crippen LogP contribution in [-0.2, 0) is 28.6 Å². The first-order valence-electron chi connectivity index (χ1n) is 33.9. The van der Waals surface area contributed by atoms with Gasteiger partial charge < -0.3 is 14.2 Å². The summed E-state index contributed by atoms with van der Waals surface area (Å²) in [6.07, 6.45) is 92.9. The van der Waals surface area contributed by atoms with Crippen molar-refractivity contribution in [1.82, 2.24) is 0 Å². The van der Waals surface area contributed by atoms with E-state index in [-0.39, 0.29) is 31.1 Å². The van der Waals surface area contributed by atoms with Crippen LogP contribution in [0.5, 0.6) is 0 Å². The summed E-state index contributed by atoms with van der Waals surface area (Å²) < 4.78 is 16.8. The number of esters is 3. The second kappa shape index (κ2) is 67.6. The highest BCUT2D eigenvalue weighted by atomic mass is 16.6. The third kappa shape index (κ3) is 64.9. The van der Waals surface area contributed by atoms with E-state index in [2.05, 4.69) is 130 Å². The van der Waals surface area contributed by atoms with Crippen molar-refractivity contribution < 1.29 is 28.6 Å². The average molecular weight is 1110 g/mol. The first kappa shape index (κ1) is 76.1. The maximum absolute atomic E-state index is 12.9. The van der Waals surface area contributed by atoms with Crippen molar-refractivity contribution in [3.05, 3.63) is 109 Å². The molecule has 0 spiro atoms. The molecule has 0 saturated carbocycles. The van der Waals surface area contributed by atoms with Crippen molar-refractivity contribution in [2.45, 2.75) is 329 Å². The maximum Gasteiger partial charge on any atom is 0.306 e. The van der Waals surface area contributed by atoms with Gasteiger partial charge >= 0.3 is 17.9 Å². The maximum atomic E-state index is 12.9. The topological polar surface area (TPSA) is 78.9 Å². The van der Waals surface area contributed by atoms with E-state index in [1.54, 1.807) is 0 Å². The van der Waals surface area contributed by atoms with Crippen LogP contribution in [0.15, 0.2) is 109 Å². The molecule has 0 amide bonds. The van der Waals surface area contributed by atoms with Gasteiger partial charge in [0.15, 0.2) is 6.10 Å². The number of ether oxygens (including phenoxy) is 3. The lowest BCUT2D eigenvalue weighted by atomic mass is 10.0. The van der Waals surface area contributed by atoms with Crippen LogP contribution in [0.3, 0.4) is 0 Å². The molecule has 0 heterocycles. The van der Waals surface area contributed by atoms with Crippen LogP contribution in [0.25, 0.3) is 0 Å². The van der Waals surface area contributed by atoms with E-state index in [9.17, 15) is 14.4 Å². The summed E-state index contributed by atoms with van der Waals surface area (Å²) in [6.45, 7) is 6.38. The Bertz CT molecular complexity index is 1610. The van der Waals surface area contributed by atoms with Gasteiger partial charge in [-0.3, -0.25) is 14.4 Å². The molecule has 0 aromatic heterocycles. The van der Waals surface area contributed by atoms with Gasteiger partial charge in [0.1, 0.15) is 13.2 Å². The van der Waals surface area contributed by atoms with Crippen LogP contribution in [0.2, 0.25) is 0 Å². The lowest BCUT2D eigenvalue weighted by Gasteiger charge is -2.18. The molecule has 0 fully saturated rings. The van der Waals surface area contributed by atoms with Gasteiger partial charge in [0.2, 0.25) is 0 Å². The van der Waals surface area contributed by atoms with Gasteiger partial charge in [0, 0.05) is 19.3 Å². The molecule has 0 bridgehead atoms. The van der Waals surface area contributed by atoms with Crippen LogP contribution in [0.4, 0.5) is 0 Å². The molecule has 458 valence electrons. The van der Waals surface area contributed by atoms with Crippen LogP contribution < -0.4 is 0 Å². The van der Waals surface area contributed by atoms with Crippen LogP contribution in [0, 0.1) is 0 Å². The number of carbonyl (C=O) groups excluding carboxylic acids is 3. The quantitative estimate of drug-likeness (QED) is 0.0261. The van der Waals surface area contributed by atoms with Gasteiger partial charge in [-0.25, -0.2) is 0 Å². The summed E-state index contributed by atoms with van der Waals surface area (Å²) in [6, 6.07) is 0. The zero-order chi connectivity index (χ0) is 57.8. The Morgan fingerprint density at radius 1 is 0.263 bits per heavy atom. The molecule has 0 aliphatic rings. The van der Waals surface area contributed by atoms with E-state index in [1.807, 2.05) is 0 Å². The van der Waals surface area contributed by atoms with Gasteiger partial charge in [-0.15, -0.1) is 0 Å². The zero-order valence-electron chi connectivity index (χ0n) is 52.6. The molecule has 1 unspecified atom stereocenters. The first-order valence-corrected chi connectivity index (χ1v) is 33.9. The van der Waals surface area contributed by atoms with Crippen LogP contribution in [0.1, 0.15) is 323 Å². The minimum Gasteiger partial charge on any atom is -0.462 e. The highest BCUT2D eigenvalue weighted by Crippen LogP contribution is 2.17. The lowest BCUT2D eigenvalue weighted by molar-refractivity contribution is -0.167. The molecule has 0 saturated heterocycles. The van der Waals surface area contributed by atoms with Crippen molar-refractivity contribution in [3.63, 3.8) is 0 Å². The molecule has 6 heteroatoms. The minimum absolute atomic E-state index is 0.0766. The minimum atomic E-state index is -0.777. The summed E-state index contributed by atoms with van der Waals surface area (Å²) in [5, 5.41) is 0. The molecule has 0 N–H and O–H groups in total. The lowest BCUT2D eigenvalue weighted by Crippen LogP contribution is -2.30. The highest BCUT2D eigenvalue weighted by molar-refractivity contribution is 5.71. The van der Waals surface area contributed by atoms with Crippen molar-refractivity contribution >= 4 is 17.9 Å². The fourth-order valence-corrected chi connectivity index (χ4v) is 9.52. The van der Waals surface area contributed by atoms with Gasteiger partial charge in [-0.05, 0) is 103 Å². The van der Waals surface area contributed by atoms with E-state index in [0.717, 1.165) is 116 Å². The summed E-state index contributed by atoms with van der Waals surface area (Å²) in [7, 11) is 0. The molecule has 0 aliphatic carbocycles. The van der Waals surface area contributed by atoms with E-state index < -0.39 is 6.10 Å². The smallest absolute Gasteiger partial charge is 0.306 e. The molecule has 0 aromatic rings. The second-order valence-electron chi connectivity index (χ2n) is 22.3. The van der Waals surface area contributed by atoms with Crippen molar-refractivity contribution in [2.24, 2.45) is 0 Å². The summed E-state index contributed by atoms with van der Waals surface area (Å²) >= 11 is 0. The predicted octanol–water partition coefficient (Wildman–Crippen LogP) is 23.4. The number of hydrogen-bond donors (Lipinski definition) is 0. The summed E-state index contributed by atoms with van der Waals surface area (Å²) in [5.74, 6) is -0.880. The Hall–Kier alpha value is -3.93. The fraction of sp³-hybridized carbons (Fsp3) is 0.716. The third-order valence-electron chi connectivity index (χ3n) is 14.5. The Labute approximate surface area is 495 Å². The average Bonchev–Trinajstić information content (AvgIpc) is 3.46. The molecule has 0 aliphatic heterocycles. The Morgan fingerprint density at radius 2 is 0.487 bits per heavy atom. The zero-order valence-corrected chi connectivity index (χ0v) is 52.6. The summed E-state index contributed by atoms with van der Waals surface area (Å²) in [5.41, 5.74) is 0. The van der Waals surface area contributed by atoms with Crippen molar-refractivity contribution in [1.29, 1.82) is 0 Å². The monoisotopic (exact) mass is 1110 g/mol. The van der Waals surface area contributed by atoms with E-state index in [4.69, 9.17) is 14.2 Å². The number of carbonyl (C=O) groups is 3. The SMILES string of the molecule is CC/C=C\C/C=C\C/C=C\C/C=C\C/C=C\CCCCCCCCCCCCCCCCCCCC(=O)OCC(COC(=O)CCCCCCCC)OC(=O)CCCCCCCCCCCC/C=C\C/C=C\C/C=C\C/C=C\CC. The van der Waals surface area contributed by atoms with Crippen molar-refractivity contribution in [3.8, 4) is 0 Å². The molecule has 0 radical (unpaired) electrons. The molecule has 80 heavy (non-hydrogen) atoms. The Kier molecular flexibility index (Phi) is 64.3. The molecular formula is C74H126O6.